The monoisotopic (exact) mass is 340 g/mol. The van der Waals surface area contributed by atoms with Crippen molar-refractivity contribution in [2.45, 2.75) is 49.3 Å². The second kappa shape index (κ2) is 5.51. The van der Waals surface area contributed by atoms with Gasteiger partial charge in [-0.05, 0) is 25.7 Å². The Balaban J connectivity index is 2.13. The fourth-order valence-corrected chi connectivity index (χ4v) is 6.90. The highest BCUT2D eigenvalue weighted by Crippen LogP contribution is 2.32. The average molecular weight is 340 g/mol. The number of nitrogens with two attached hydrogens (primary N) is 1. The van der Waals surface area contributed by atoms with Crippen molar-refractivity contribution in [2.75, 3.05) is 11.5 Å². The summed E-state index contributed by atoms with van der Waals surface area (Å²) < 4.78 is 50.3. The highest BCUT2D eigenvalue weighted by molar-refractivity contribution is 7.92. The zero-order valence-corrected chi connectivity index (χ0v) is 13.6. The van der Waals surface area contributed by atoms with Gasteiger partial charge in [0.1, 0.15) is 9.84 Å². The maximum atomic E-state index is 12.4. The van der Waals surface area contributed by atoms with E-state index in [2.05, 4.69) is 4.72 Å². The second-order valence-electron chi connectivity index (χ2n) is 5.65. The van der Waals surface area contributed by atoms with Crippen LogP contribution in [0, 0.1) is 0 Å². The second-order valence-corrected chi connectivity index (χ2v) is 10.4. The minimum absolute atomic E-state index is 0.0708. The lowest BCUT2D eigenvalue weighted by Crippen LogP contribution is -2.57. The third-order valence-corrected chi connectivity index (χ3v) is 8.34. The number of sulfonamides is 1. The summed E-state index contributed by atoms with van der Waals surface area (Å²) in [5.41, 5.74) is 4.91. The molecule has 0 amide bonds. The zero-order valence-electron chi connectivity index (χ0n) is 11.2. The highest BCUT2D eigenvalue weighted by Gasteiger charge is 2.43. The molecule has 9 heteroatoms. The molecule has 0 atom stereocenters. The first-order valence-corrected chi connectivity index (χ1v) is 10.5. The van der Waals surface area contributed by atoms with Crippen LogP contribution < -0.4 is 10.5 Å². The molecule has 3 N–H and O–H groups in total. The molecule has 2 aliphatic rings. The van der Waals surface area contributed by atoms with E-state index in [1.807, 2.05) is 0 Å². The lowest BCUT2D eigenvalue weighted by Gasteiger charge is -2.32. The van der Waals surface area contributed by atoms with Crippen molar-refractivity contribution in [1.82, 2.24) is 4.72 Å². The lowest BCUT2D eigenvalue weighted by molar-refractivity contribution is 0.488. The molecule has 2 rings (SSSR count). The van der Waals surface area contributed by atoms with E-state index in [-0.39, 0.29) is 29.3 Å². The Bertz CT molecular complexity index is 577. The smallest absolute Gasteiger partial charge is 0.215 e. The summed E-state index contributed by atoms with van der Waals surface area (Å²) in [5, 5.41) is -0.669. The van der Waals surface area contributed by atoms with Crippen molar-refractivity contribution in [3.8, 4) is 0 Å². The van der Waals surface area contributed by atoms with Crippen molar-refractivity contribution in [3.05, 3.63) is 0 Å². The molecule has 20 heavy (non-hydrogen) atoms. The minimum Gasteiger partial charge on any atom is -0.392 e. The number of rotatable bonds is 4. The molecule has 0 radical (unpaired) electrons. The molecule has 1 aliphatic heterocycles. The van der Waals surface area contributed by atoms with Crippen LogP contribution in [0.5, 0.6) is 0 Å². The molecular formula is C11H20N2O4S3. The summed E-state index contributed by atoms with van der Waals surface area (Å²) in [7, 11) is -6.68. The first-order chi connectivity index (χ1) is 9.17. The first-order valence-electron chi connectivity index (χ1n) is 6.70. The predicted molar refractivity (Wildman–Crippen MR) is 81.7 cm³/mol. The van der Waals surface area contributed by atoms with Crippen molar-refractivity contribution in [1.29, 1.82) is 0 Å². The zero-order chi connectivity index (χ0) is 15.0. The van der Waals surface area contributed by atoms with Crippen LogP contribution in [0.1, 0.15) is 38.5 Å². The Morgan fingerprint density at radius 3 is 2.15 bits per heavy atom. The van der Waals surface area contributed by atoms with Crippen LogP contribution in [0.2, 0.25) is 0 Å². The van der Waals surface area contributed by atoms with Gasteiger partial charge in [0.05, 0.1) is 27.3 Å². The Morgan fingerprint density at radius 2 is 1.70 bits per heavy atom. The topological polar surface area (TPSA) is 106 Å². The summed E-state index contributed by atoms with van der Waals surface area (Å²) in [6.45, 7) is 0. The van der Waals surface area contributed by atoms with E-state index in [0.29, 0.717) is 12.8 Å². The van der Waals surface area contributed by atoms with Gasteiger partial charge in [0.25, 0.3) is 0 Å². The van der Waals surface area contributed by atoms with E-state index < -0.39 is 30.6 Å². The maximum absolute atomic E-state index is 12.4. The molecule has 0 spiro atoms. The molecule has 0 bridgehead atoms. The quantitative estimate of drug-likeness (QED) is 0.702. The number of hydrogen-bond donors (Lipinski definition) is 2. The Labute approximate surface area is 125 Å². The number of sulfone groups is 1. The molecule has 6 nitrogen and oxygen atoms in total. The van der Waals surface area contributed by atoms with Gasteiger partial charge in [-0.1, -0.05) is 25.1 Å². The summed E-state index contributed by atoms with van der Waals surface area (Å²) in [5.74, 6) is -0.142. The molecule has 0 unspecified atom stereocenters. The SMILES string of the molecule is NC(=S)C1(NS(=O)(=O)C2CCS(=O)(=O)CC2)CCCC1. The molecule has 2 fully saturated rings. The van der Waals surface area contributed by atoms with Gasteiger partial charge in [0, 0.05) is 0 Å². The van der Waals surface area contributed by atoms with Gasteiger partial charge < -0.3 is 5.73 Å². The normalized spacial score (nSPS) is 26.4. The number of thiocarbonyl (C=S) groups is 1. The van der Waals surface area contributed by atoms with Gasteiger partial charge in [0.15, 0.2) is 0 Å². The highest BCUT2D eigenvalue weighted by atomic mass is 32.2. The van der Waals surface area contributed by atoms with Crippen LogP contribution in [-0.4, -0.2) is 44.1 Å². The van der Waals surface area contributed by atoms with E-state index in [0.717, 1.165) is 12.8 Å². The number of hydrogen-bond acceptors (Lipinski definition) is 5. The summed E-state index contributed by atoms with van der Waals surface area (Å²) in [4.78, 5) is 0.182. The molecule has 1 saturated carbocycles. The van der Waals surface area contributed by atoms with Crippen LogP contribution in [-0.2, 0) is 19.9 Å². The van der Waals surface area contributed by atoms with Crippen molar-refractivity contribution >= 4 is 37.1 Å². The Hall–Kier alpha value is -0.250. The summed E-state index contributed by atoms with van der Waals surface area (Å²) in [6, 6.07) is 0. The van der Waals surface area contributed by atoms with Gasteiger partial charge >= 0.3 is 0 Å². The molecule has 1 heterocycles. The molecule has 1 aliphatic carbocycles. The van der Waals surface area contributed by atoms with Crippen molar-refractivity contribution in [2.24, 2.45) is 5.73 Å². The van der Waals surface area contributed by atoms with E-state index >= 15 is 0 Å². The largest absolute Gasteiger partial charge is 0.392 e. The van der Waals surface area contributed by atoms with Crippen LogP contribution in [0.3, 0.4) is 0 Å². The molecule has 0 aromatic rings. The van der Waals surface area contributed by atoms with Gasteiger partial charge in [-0.2, -0.15) is 0 Å². The van der Waals surface area contributed by atoms with E-state index in [1.54, 1.807) is 0 Å². The minimum atomic E-state index is -3.60. The fraction of sp³-hybridized carbons (Fsp3) is 0.909. The van der Waals surface area contributed by atoms with Crippen LogP contribution in [0.25, 0.3) is 0 Å². The molecule has 116 valence electrons. The third kappa shape index (κ3) is 3.32. The average Bonchev–Trinajstić information content (AvgIpc) is 2.77. The van der Waals surface area contributed by atoms with E-state index in [1.165, 1.54) is 0 Å². The predicted octanol–water partition coefficient (Wildman–Crippen LogP) is 0.0819. The third-order valence-electron chi connectivity index (χ3n) is 4.21. The summed E-state index contributed by atoms with van der Waals surface area (Å²) >= 11 is 5.03. The molecule has 0 aromatic heterocycles. The van der Waals surface area contributed by atoms with Crippen LogP contribution in [0.4, 0.5) is 0 Å². The van der Waals surface area contributed by atoms with Crippen molar-refractivity contribution in [3.63, 3.8) is 0 Å². The van der Waals surface area contributed by atoms with E-state index in [9.17, 15) is 16.8 Å². The van der Waals surface area contributed by atoms with Crippen LogP contribution >= 0.6 is 12.2 Å². The van der Waals surface area contributed by atoms with Gasteiger partial charge in [-0.25, -0.2) is 21.6 Å². The maximum Gasteiger partial charge on any atom is 0.215 e. The standard InChI is InChI=1S/C11H20N2O4S3/c12-10(18)11(5-1-2-6-11)13-20(16,17)9-3-7-19(14,15)8-4-9/h9,13H,1-8H2,(H2,12,18). The molecule has 1 saturated heterocycles. The molecule has 0 aromatic carbocycles. The van der Waals surface area contributed by atoms with Gasteiger partial charge in [-0.15, -0.1) is 0 Å². The Kier molecular flexibility index (Phi) is 4.44. The van der Waals surface area contributed by atoms with Gasteiger partial charge in [0.2, 0.25) is 10.0 Å². The Morgan fingerprint density at radius 1 is 1.20 bits per heavy atom. The molecular weight excluding hydrogens is 320 g/mol. The van der Waals surface area contributed by atoms with E-state index in [4.69, 9.17) is 18.0 Å². The van der Waals surface area contributed by atoms with Crippen molar-refractivity contribution < 1.29 is 16.8 Å². The lowest BCUT2D eigenvalue weighted by atomic mass is 10.00. The summed E-state index contributed by atoms with van der Waals surface area (Å²) in [6.07, 6.45) is 3.30. The fourth-order valence-electron chi connectivity index (χ4n) is 2.91. The number of nitrogens with one attached hydrogen (secondary N) is 1. The first kappa shape index (κ1) is 16.1. The van der Waals surface area contributed by atoms with Crippen LogP contribution in [0.15, 0.2) is 0 Å². The van der Waals surface area contributed by atoms with Gasteiger partial charge in [-0.3, -0.25) is 0 Å².